The lowest BCUT2D eigenvalue weighted by molar-refractivity contribution is -0.150. The lowest BCUT2D eigenvalue weighted by atomic mass is 10.0. The maximum absolute atomic E-state index is 12.7. The van der Waals surface area contributed by atoms with Crippen LogP contribution >= 0.6 is 0 Å². The molecule has 0 radical (unpaired) electrons. The van der Waals surface area contributed by atoms with Crippen LogP contribution in [0.1, 0.15) is 264 Å². The van der Waals surface area contributed by atoms with Crippen molar-refractivity contribution in [2.45, 2.75) is 270 Å². The van der Waals surface area contributed by atoms with E-state index in [0.717, 1.165) is 32.1 Å². The van der Waals surface area contributed by atoms with E-state index >= 15 is 0 Å². The molecule has 0 aromatic rings. The highest BCUT2D eigenvalue weighted by Crippen LogP contribution is 2.19. The van der Waals surface area contributed by atoms with Gasteiger partial charge in [0.1, 0.15) is 6.10 Å². The highest BCUT2D eigenvalue weighted by Gasteiger charge is 2.14. The smallest absolute Gasteiger partial charge is 0.306 e. The Morgan fingerprint density at radius 1 is 0.375 bits per heavy atom. The van der Waals surface area contributed by atoms with Gasteiger partial charge in [0.25, 0.3) is 0 Å². The molecular formula is C44H86O4. The summed E-state index contributed by atoms with van der Waals surface area (Å²) in [5, 5.41) is 8.69. The van der Waals surface area contributed by atoms with Gasteiger partial charge in [-0.15, -0.1) is 0 Å². The predicted molar refractivity (Wildman–Crippen MR) is 209 cm³/mol. The van der Waals surface area contributed by atoms with Gasteiger partial charge < -0.3 is 9.84 Å². The summed E-state index contributed by atoms with van der Waals surface area (Å²) in [4.78, 5) is 23.2. The Bertz CT molecular complexity index is 648. The molecule has 0 heterocycles. The lowest BCUT2D eigenvalue weighted by Gasteiger charge is -2.18. The zero-order valence-corrected chi connectivity index (χ0v) is 32.8. The van der Waals surface area contributed by atoms with E-state index in [1.54, 1.807) is 0 Å². The molecule has 0 saturated heterocycles. The lowest BCUT2D eigenvalue weighted by Crippen LogP contribution is -2.18. The van der Waals surface area contributed by atoms with Crippen molar-refractivity contribution in [1.82, 2.24) is 0 Å². The van der Waals surface area contributed by atoms with Gasteiger partial charge in [-0.2, -0.15) is 0 Å². The Morgan fingerprint density at radius 3 is 0.917 bits per heavy atom. The molecule has 0 saturated carbocycles. The molecule has 286 valence electrons. The zero-order chi connectivity index (χ0) is 35.0. The molecule has 0 spiro atoms. The summed E-state index contributed by atoms with van der Waals surface area (Å²) in [6, 6.07) is 0. The Morgan fingerprint density at radius 2 is 0.625 bits per heavy atom. The molecule has 1 unspecified atom stereocenters. The molecule has 1 N–H and O–H groups in total. The van der Waals surface area contributed by atoms with E-state index in [-0.39, 0.29) is 12.1 Å². The second-order valence-corrected chi connectivity index (χ2v) is 15.3. The first-order chi connectivity index (χ1) is 23.6. The quantitative estimate of drug-likeness (QED) is 0.0516. The van der Waals surface area contributed by atoms with Crippen LogP contribution in [0.4, 0.5) is 0 Å². The standard InChI is InChI=1S/C44H86O4/c1-3-5-7-9-10-11-12-13-14-15-16-20-23-26-29-33-37-41-44(47)48-42(38-34-30-8-6-4-2)39-35-31-27-24-21-18-17-19-22-25-28-32-36-40-43(45)46/h42H,3-41H2,1-2H3,(H,45,46). The van der Waals surface area contributed by atoms with Crippen LogP contribution in [-0.4, -0.2) is 23.1 Å². The summed E-state index contributed by atoms with van der Waals surface area (Å²) in [5.41, 5.74) is 0. The summed E-state index contributed by atoms with van der Waals surface area (Å²) in [6.07, 6.45) is 48.8. The Labute approximate surface area is 301 Å². The highest BCUT2D eigenvalue weighted by molar-refractivity contribution is 5.69. The fraction of sp³-hybridized carbons (Fsp3) is 0.955. The molecule has 4 nitrogen and oxygen atoms in total. The van der Waals surface area contributed by atoms with Gasteiger partial charge in [0.2, 0.25) is 0 Å². The van der Waals surface area contributed by atoms with E-state index in [4.69, 9.17) is 9.84 Å². The normalized spacial score (nSPS) is 12.0. The average Bonchev–Trinajstić information content (AvgIpc) is 3.07. The van der Waals surface area contributed by atoms with Crippen LogP contribution in [0.5, 0.6) is 0 Å². The largest absolute Gasteiger partial charge is 0.481 e. The van der Waals surface area contributed by atoms with Crippen LogP contribution in [0.15, 0.2) is 0 Å². The number of unbranched alkanes of at least 4 members (excludes halogenated alkanes) is 32. The second-order valence-electron chi connectivity index (χ2n) is 15.3. The fourth-order valence-corrected chi connectivity index (χ4v) is 7.07. The van der Waals surface area contributed by atoms with Crippen molar-refractivity contribution in [3.8, 4) is 0 Å². The van der Waals surface area contributed by atoms with E-state index in [2.05, 4.69) is 13.8 Å². The summed E-state index contributed by atoms with van der Waals surface area (Å²) in [6.45, 7) is 4.56. The summed E-state index contributed by atoms with van der Waals surface area (Å²) in [7, 11) is 0. The number of ether oxygens (including phenoxy) is 1. The van der Waals surface area contributed by atoms with E-state index in [0.29, 0.717) is 12.8 Å². The Hall–Kier alpha value is -1.06. The van der Waals surface area contributed by atoms with E-state index in [9.17, 15) is 9.59 Å². The third-order valence-electron chi connectivity index (χ3n) is 10.3. The van der Waals surface area contributed by atoms with Crippen LogP contribution in [0.3, 0.4) is 0 Å². The van der Waals surface area contributed by atoms with Crippen molar-refractivity contribution >= 4 is 11.9 Å². The van der Waals surface area contributed by atoms with Crippen LogP contribution in [0, 0.1) is 0 Å². The number of rotatable bonds is 41. The first-order valence-corrected chi connectivity index (χ1v) is 22.0. The molecule has 0 rings (SSSR count). The van der Waals surface area contributed by atoms with Gasteiger partial charge in [0.05, 0.1) is 0 Å². The van der Waals surface area contributed by atoms with Gasteiger partial charge >= 0.3 is 11.9 Å². The number of carboxylic acid groups (broad SMARTS) is 1. The van der Waals surface area contributed by atoms with Gasteiger partial charge in [0, 0.05) is 12.8 Å². The molecule has 0 aromatic carbocycles. The molecule has 48 heavy (non-hydrogen) atoms. The van der Waals surface area contributed by atoms with Crippen molar-refractivity contribution in [2.24, 2.45) is 0 Å². The van der Waals surface area contributed by atoms with Crippen molar-refractivity contribution in [2.75, 3.05) is 0 Å². The van der Waals surface area contributed by atoms with Crippen LogP contribution in [-0.2, 0) is 14.3 Å². The van der Waals surface area contributed by atoms with Gasteiger partial charge in [-0.3, -0.25) is 9.59 Å². The topological polar surface area (TPSA) is 63.6 Å². The van der Waals surface area contributed by atoms with Crippen LogP contribution < -0.4 is 0 Å². The SMILES string of the molecule is CCCCCCCCCCCCCCCCCCCC(=O)OC(CCCCCCC)CCCCCCCCCCCCCCCC(=O)O. The molecular weight excluding hydrogens is 592 g/mol. The molecule has 0 aromatic heterocycles. The fourth-order valence-electron chi connectivity index (χ4n) is 7.07. The monoisotopic (exact) mass is 679 g/mol. The molecule has 0 amide bonds. The number of carbonyl (C=O) groups excluding carboxylic acids is 1. The number of aliphatic carboxylic acids is 1. The second kappa shape index (κ2) is 40.4. The van der Waals surface area contributed by atoms with Crippen molar-refractivity contribution in [3.05, 3.63) is 0 Å². The third kappa shape index (κ3) is 39.4. The predicted octanol–water partition coefficient (Wildman–Crippen LogP) is 15.2. The zero-order valence-electron chi connectivity index (χ0n) is 32.8. The molecule has 0 aliphatic carbocycles. The first kappa shape index (κ1) is 46.9. The molecule has 4 heteroatoms. The van der Waals surface area contributed by atoms with Gasteiger partial charge in [-0.25, -0.2) is 0 Å². The van der Waals surface area contributed by atoms with Gasteiger partial charge in [-0.1, -0.05) is 213 Å². The molecule has 0 aliphatic rings. The maximum Gasteiger partial charge on any atom is 0.306 e. The number of carboxylic acids is 1. The molecule has 0 fully saturated rings. The Balaban J connectivity index is 3.78. The molecule has 0 bridgehead atoms. The van der Waals surface area contributed by atoms with Crippen molar-refractivity contribution in [3.63, 3.8) is 0 Å². The van der Waals surface area contributed by atoms with Crippen molar-refractivity contribution in [1.29, 1.82) is 0 Å². The average molecular weight is 679 g/mol. The van der Waals surface area contributed by atoms with Crippen LogP contribution in [0.2, 0.25) is 0 Å². The van der Waals surface area contributed by atoms with Gasteiger partial charge in [-0.05, 0) is 38.5 Å². The summed E-state index contributed by atoms with van der Waals surface area (Å²) >= 11 is 0. The highest BCUT2D eigenvalue weighted by atomic mass is 16.5. The summed E-state index contributed by atoms with van der Waals surface area (Å²) in [5.74, 6) is -0.614. The number of esters is 1. The minimum atomic E-state index is -0.665. The number of hydrogen-bond acceptors (Lipinski definition) is 3. The van der Waals surface area contributed by atoms with E-state index in [1.807, 2.05) is 0 Å². The van der Waals surface area contributed by atoms with Crippen LogP contribution in [0.25, 0.3) is 0 Å². The minimum Gasteiger partial charge on any atom is -0.481 e. The molecule has 0 aliphatic heterocycles. The van der Waals surface area contributed by atoms with E-state index < -0.39 is 5.97 Å². The Kier molecular flexibility index (Phi) is 39.5. The van der Waals surface area contributed by atoms with Crippen molar-refractivity contribution < 1.29 is 19.4 Å². The third-order valence-corrected chi connectivity index (χ3v) is 10.3. The van der Waals surface area contributed by atoms with E-state index in [1.165, 1.54) is 205 Å². The molecule has 1 atom stereocenters. The summed E-state index contributed by atoms with van der Waals surface area (Å²) < 4.78 is 6.04. The maximum atomic E-state index is 12.7. The number of hydrogen-bond donors (Lipinski definition) is 1. The first-order valence-electron chi connectivity index (χ1n) is 22.0. The minimum absolute atomic E-state index is 0.0507. The number of carbonyl (C=O) groups is 2. The van der Waals surface area contributed by atoms with Gasteiger partial charge in [0.15, 0.2) is 0 Å².